The van der Waals surface area contributed by atoms with Crippen LogP contribution < -0.4 is 10.6 Å². The highest BCUT2D eigenvalue weighted by molar-refractivity contribution is 6.30. The van der Waals surface area contributed by atoms with Gasteiger partial charge < -0.3 is 25.2 Å². The van der Waals surface area contributed by atoms with Gasteiger partial charge in [0, 0.05) is 29.8 Å². The second-order valence-corrected chi connectivity index (χ2v) is 13.3. The first kappa shape index (κ1) is 28.7. The zero-order valence-electron chi connectivity index (χ0n) is 24.2. The number of anilines is 1. The molecule has 222 valence electrons. The van der Waals surface area contributed by atoms with E-state index in [0.717, 1.165) is 38.8 Å². The fourth-order valence-corrected chi connectivity index (χ4v) is 8.05. The van der Waals surface area contributed by atoms with Gasteiger partial charge in [-0.1, -0.05) is 63.3 Å². The van der Waals surface area contributed by atoms with Crippen LogP contribution >= 0.6 is 11.6 Å². The van der Waals surface area contributed by atoms with E-state index in [0.29, 0.717) is 35.6 Å². The van der Waals surface area contributed by atoms with E-state index in [1.165, 1.54) is 19.3 Å². The normalized spacial score (nSPS) is 36.7. The van der Waals surface area contributed by atoms with Crippen LogP contribution in [0.1, 0.15) is 58.8 Å². The van der Waals surface area contributed by atoms with Crippen molar-refractivity contribution in [3.8, 4) is 0 Å². The Bertz CT molecular complexity index is 1180. The Balaban J connectivity index is 1.27. The number of ether oxygens (including phenoxy) is 1. The van der Waals surface area contributed by atoms with E-state index in [1.807, 2.05) is 12.2 Å². The molecule has 1 spiro atoms. The average molecular weight is 583 g/mol. The third kappa shape index (κ3) is 5.32. The van der Waals surface area contributed by atoms with E-state index in [-0.39, 0.29) is 23.8 Å². The van der Waals surface area contributed by atoms with Gasteiger partial charge in [-0.25, -0.2) is 0 Å². The van der Waals surface area contributed by atoms with Gasteiger partial charge in [0.25, 0.3) is 0 Å². The number of rotatable bonds is 7. The molecule has 1 aliphatic carbocycles. The molecule has 1 aromatic carbocycles. The average Bonchev–Trinajstić information content (AvgIpc) is 3.50. The molecule has 6 rings (SSSR count). The van der Waals surface area contributed by atoms with Gasteiger partial charge >= 0.3 is 0 Å². The minimum Gasteiger partial charge on any atom is -0.359 e. The molecule has 1 saturated carbocycles. The van der Waals surface area contributed by atoms with Crippen LogP contribution in [-0.2, 0) is 19.1 Å². The molecule has 0 aromatic heterocycles. The summed E-state index contributed by atoms with van der Waals surface area (Å²) in [6.07, 6.45) is 11.2. The van der Waals surface area contributed by atoms with E-state index in [1.54, 1.807) is 29.2 Å². The van der Waals surface area contributed by atoms with Crippen LogP contribution in [-0.4, -0.2) is 77.5 Å². The highest BCUT2D eigenvalue weighted by atomic mass is 35.5. The van der Waals surface area contributed by atoms with E-state index in [2.05, 4.69) is 29.4 Å². The standard InChI is InChI=1S/C32H43ClN4O4/c1-20-8-7-9-24(21(20)2)35-30(39)28-32-15-14-25(41-32)26(29(38)34-23-12-10-22(33)11-13-23)27(32)31(40)37(28)19-18-36-16-5-3-4-6-17-36/h10-15,20-21,24-28H,3-9,16-19H2,1-2H3,(H,34,38)(H,35,39)/t20-,21+,24+,25+,26-,27+,28+,32+/m1/s1. The van der Waals surface area contributed by atoms with Crippen molar-refractivity contribution >= 4 is 35.0 Å². The third-order valence-corrected chi connectivity index (χ3v) is 10.7. The first-order valence-corrected chi connectivity index (χ1v) is 15.9. The number of likely N-dealkylation sites (tertiary alicyclic amines) is 2. The minimum atomic E-state index is -1.14. The van der Waals surface area contributed by atoms with Crippen LogP contribution in [0.3, 0.4) is 0 Å². The van der Waals surface area contributed by atoms with Crippen LogP contribution in [0.2, 0.25) is 5.02 Å². The van der Waals surface area contributed by atoms with Crippen molar-refractivity contribution in [3.05, 3.63) is 41.4 Å². The Morgan fingerprint density at radius 1 is 1.00 bits per heavy atom. The first-order valence-electron chi connectivity index (χ1n) is 15.6. The molecule has 5 aliphatic rings. The Hall–Kier alpha value is -2.42. The fraction of sp³-hybridized carbons (Fsp3) is 0.656. The molecule has 41 heavy (non-hydrogen) atoms. The quantitative estimate of drug-likeness (QED) is 0.469. The molecule has 4 aliphatic heterocycles. The summed E-state index contributed by atoms with van der Waals surface area (Å²) in [5.74, 6) is -1.16. The van der Waals surface area contributed by atoms with Crippen LogP contribution in [0.5, 0.6) is 0 Å². The third-order valence-electron chi connectivity index (χ3n) is 10.4. The molecule has 0 unspecified atom stereocenters. The molecule has 1 aromatic rings. The van der Waals surface area contributed by atoms with Crippen molar-refractivity contribution in [2.75, 3.05) is 31.5 Å². The molecule has 8 nitrogen and oxygen atoms in total. The number of nitrogens with one attached hydrogen (secondary N) is 2. The van der Waals surface area contributed by atoms with Gasteiger partial charge in [-0.3, -0.25) is 14.4 Å². The van der Waals surface area contributed by atoms with Gasteiger partial charge in [0.1, 0.15) is 11.6 Å². The van der Waals surface area contributed by atoms with Gasteiger partial charge in [0.2, 0.25) is 17.7 Å². The smallest absolute Gasteiger partial charge is 0.246 e. The molecule has 4 heterocycles. The number of benzene rings is 1. The number of hydrogen-bond acceptors (Lipinski definition) is 5. The van der Waals surface area contributed by atoms with Crippen molar-refractivity contribution in [1.82, 2.24) is 15.1 Å². The zero-order chi connectivity index (χ0) is 28.7. The Kier molecular flexibility index (Phi) is 8.18. The molecule has 4 fully saturated rings. The molecular weight excluding hydrogens is 540 g/mol. The van der Waals surface area contributed by atoms with E-state index in [4.69, 9.17) is 16.3 Å². The summed E-state index contributed by atoms with van der Waals surface area (Å²) in [5, 5.41) is 6.88. The molecule has 2 bridgehead atoms. The van der Waals surface area contributed by atoms with E-state index < -0.39 is 29.6 Å². The molecule has 3 amide bonds. The number of carbonyl (C=O) groups excluding carboxylic acids is 3. The molecule has 2 N–H and O–H groups in total. The number of fused-ring (bicyclic) bond motifs is 1. The summed E-state index contributed by atoms with van der Waals surface area (Å²) in [6, 6.07) is 6.18. The lowest BCUT2D eigenvalue weighted by molar-refractivity contribution is -0.141. The summed E-state index contributed by atoms with van der Waals surface area (Å²) < 4.78 is 6.53. The van der Waals surface area contributed by atoms with Crippen LogP contribution in [0.25, 0.3) is 0 Å². The second-order valence-electron chi connectivity index (χ2n) is 12.9. The van der Waals surface area contributed by atoms with Gasteiger partial charge in [0.05, 0.1) is 17.9 Å². The summed E-state index contributed by atoms with van der Waals surface area (Å²) in [4.78, 5) is 46.3. The summed E-state index contributed by atoms with van der Waals surface area (Å²) >= 11 is 6.03. The maximum Gasteiger partial charge on any atom is 0.246 e. The van der Waals surface area contributed by atoms with Gasteiger partial charge in [-0.15, -0.1) is 0 Å². The predicted octanol–water partition coefficient (Wildman–Crippen LogP) is 4.25. The first-order chi connectivity index (χ1) is 19.8. The van der Waals surface area contributed by atoms with Crippen LogP contribution in [0.15, 0.2) is 36.4 Å². The molecule has 8 atom stereocenters. The van der Waals surface area contributed by atoms with Crippen molar-refractivity contribution in [1.29, 1.82) is 0 Å². The maximum atomic E-state index is 14.3. The SMILES string of the molecule is C[C@H]1[C@H](C)CCC[C@@H]1NC(=O)[C@@H]1N(CCN2CCCCCC2)C(=O)[C@@H]2[C@H](C(=O)Nc3ccc(Cl)cc3)[C@@H]3C=C[C@]21O3. The Labute approximate surface area is 248 Å². The Morgan fingerprint density at radius 3 is 2.46 bits per heavy atom. The molecule has 9 heteroatoms. The topological polar surface area (TPSA) is 91.0 Å². The van der Waals surface area contributed by atoms with Crippen LogP contribution in [0, 0.1) is 23.7 Å². The number of halogens is 1. The number of nitrogens with zero attached hydrogens (tertiary/aromatic N) is 2. The highest BCUT2D eigenvalue weighted by Crippen LogP contribution is 2.55. The minimum absolute atomic E-state index is 0.0656. The van der Waals surface area contributed by atoms with Crippen molar-refractivity contribution in [2.24, 2.45) is 23.7 Å². The number of amides is 3. The van der Waals surface area contributed by atoms with E-state index in [9.17, 15) is 14.4 Å². The Morgan fingerprint density at radius 2 is 1.73 bits per heavy atom. The summed E-state index contributed by atoms with van der Waals surface area (Å²) in [6.45, 7) is 7.63. The monoisotopic (exact) mass is 582 g/mol. The van der Waals surface area contributed by atoms with E-state index >= 15 is 0 Å². The lowest BCUT2D eigenvalue weighted by Crippen LogP contribution is -2.58. The lowest BCUT2D eigenvalue weighted by Gasteiger charge is -2.38. The predicted molar refractivity (Wildman–Crippen MR) is 158 cm³/mol. The zero-order valence-corrected chi connectivity index (χ0v) is 24.9. The number of carbonyl (C=O) groups is 3. The highest BCUT2D eigenvalue weighted by Gasteiger charge is 2.72. The maximum absolute atomic E-state index is 14.3. The van der Waals surface area contributed by atoms with Crippen molar-refractivity contribution in [2.45, 2.75) is 82.6 Å². The van der Waals surface area contributed by atoms with Gasteiger partial charge in [-0.2, -0.15) is 0 Å². The van der Waals surface area contributed by atoms with Gasteiger partial charge in [0.15, 0.2) is 0 Å². The largest absolute Gasteiger partial charge is 0.359 e. The summed E-state index contributed by atoms with van der Waals surface area (Å²) in [7, 11) is 0. The van der Waals surface area contributed by atoms with Crippen LogP contribution in [0.4, 0.5) is 5.69 Å². The lowest BCUT2D eigenvalue weighted by atomic mass is 9.73. The molecule has 3 saturated heterocycles. The second kappa shape index (κ2) is 11.7. The van der Waals surface area contributed by atoms with Gasteiger partial charge in [-0.05, 0) is 68.5 Å². The fourth-order valence-electron chi connectivity index (χ4n) is 7.92. The van der Waals surface area contributed by atoms with Crippen molar-refractivity contribution in [3.63, 3.8) is 0 Å². The summed E-state index contributed by atoms with van der Waals surface area (Å²) in [5.41, 5.74) is -0.533. The molecule has 0 radical (unpaired) electrons. The molecular formula is C32H43ClN4O4. The number of hydrogen-bond donors (Lipinski definition) is 2. The van der Waals surface area contributed by atoms with Crippen molar-refractivity contribution < 1.29 is 19.1 Å².